The van der Waals surface area contributed by atoms with Crippen LogP contribution >= 0.6 is 11.3 Å². The Kier molecular flexibility index (Phi) is 3.62. The van der Waals surface area contributed by atoms with Crippen molar-refractivity contribution in [3.05, 3.63) is 35.2 Å². The average molecular weight is 263 g/mol. The van der Waals surface area contributed by atoms with Gasteiger partial charge in [-0.15, -0.1) is 11.3 Å². The van der Waals surface area contributed by atoms with Gasteiger partial charge in [0.25, 0.3) is 5.91 Å². The Morgan fingerprint density at radius 2 is 2.06 bits per heavy atom. The minimum Gasteiger partial charge on any atom is -0.480 e. The summed E-state index contributed by atoms with van der Waals surface area (Å²) in [5, 5.41) is 11.5. The van der Waals surface area contributed by atoms with Crippen LogP contribution in [0.25, 0.3) is 10.1 Å². The second-order valence-corrected chi connectivity index (χ2v) is 4.77. The number of carbonyl (C=O) groups is 2. The molecule has 0 unspecified atom stereocenters. The van der Waals surface area contributed by atoms with E-state index in [0.717, 1.165) is 10.1 Å². The van der Waals surface area contributed by atoms with Crippen LogP contribution in [-0.2, 0) is 4.79 Å². The molecule has 2 aromatic rings. The largest absolute Gasteiger partial charge is 0.480 e. The fraction of sp³-hybridized carbons (Fsp3) is 0.231. The van der Waals surface area contributed by atoms with Gasteiger partial charge in [0, 0.05) is 22.0 Å². The molecule has 1 aromatic heterocycles. The normalized spacial score (nSPS) is 10.5. The van der Waals surface area contributed by atoms with Crippen LogP contribution in [0.4, 0.5) is 0 Å². The van der Waals surface area contributed by atoms with Crippen LogP contribution in [-0.4, -0.2) is 35.0 Å². The fourth-order valence-electron chi connectivity index (χ4n) is 1.80. The molecular formula is C13H13NO3S. The molecule has 1 aromatic carbocycles. The van der Waals surface area contributed by atoms with Gasteiger partial charge in [-0.05, 0) is 13.0 Å². The molecule has 5 heteroatoms. The summed E-state index contributed by atoms with van der Waals surface area (Å²) in [5.74, 6) is -1.22. The molecule has 1 amide bonds. The first-order valence-electron chi connectivity index (χ1n) is 5.60. The van der Waals surface area contributed by atoms with Crippen LogP contribution in [0, 0.1) is 0 Å². The van der Waals surface area contributed by atoms with Gasteiger partial charge in [0.05, 0.1) is 5.56 Å². The molecule has 1 heterocycles. The van der Waals surface area contributed by atoms with Gasteiger partial charge in [0.2, 0.25) is 0 Å². The van der Waals surface area contributed by atoms with Crippen molar-refractivity contribution in [2.45, 2.75) is 6.92 Å². The lowest BCUT2D eigenvalue weighted by atomic mass is 10.1. The molecule has 0 atom stereocenters. The number of nitrogens with zero attached hydrogens (tertiary/aromatic N) is 1. The van der Waals surface area contributed by atoms with Crippen molar-refractivity contribution >= 4 is 33.3 Å². The molecule has 2 rings (SSSR count). The monoisotopic (exact) mass is 263 g/mol. The van der Waals surface area contributed by atoms with E-state index in [4.69, 9.17) is 5.11 Å². The van der Waals surface area contributed by atoms with Crippen molar-refractivity contribution in [2.24, 2.45) is 0 Å². The lowest BCUT2D eigenvalue weighted by Crippen LogP contribution is -2.35. The highest BCUT2D eigenvalue weighted by Gasteiger charge is 2.19. The molecule has 0 radical (unpaired) electrons. The van der Waals surface area contributed by atoms with Crippen molar-refractivity contribution in [3.63, 3.8) is 0 Å². The number of hydrogen-bond donors (Lipinski definition) is 1. The highest BCUT2D eigenvalue weighted by molar-refractivity contribution is 7.17. The molecule has 4 nitrogen and oxygen atoms in total. The number of carboxylic acid groups (broad SMARTS) is 1. The van der Waals surface area contributed by atoms with Crippen LogP contribution in [0.5, 0.6) is 0 Å². The zero-order valence-electron chi connectivity index (χ0n) is 9.92. The Balaban J connectivity index is 2.35. The summed E-state index contributed by atoms with van der Waals surface area (Å²) in [6, 6.07) is 7.62. The molecule has 0 bridgehead atoms. The highest BCUT2D eigenvalue weighted by atomic mass is 32.1. The maximum atomic E-state index is 12.3. The molecule has 94 valence electrons. The van der Waals surface area contributed by atoms with Crippen LogP contribution in [0.15, 0.2) is 29.6 Å². The van der Waals surface area contributed by atoms with Gasteiger partial charge in [-0.1, -0.05) is 18.2 Å². The number of thiophene rings is 1. The predicted molar refractivity (Wildman–Crippen MR) is 71.0 cm³/mol. The first-order valence-corrected chi connectivity index (χ1v) is 6.48. The second-order valence-electron chi connectivity index (χ2n) is 3.86. The van der Waals surface area contributed by atoms with Gasteiger partial charge in [0.15, 0.2) is 0 Å². The lowest BCUT2D eigenvalue weighted by molar-refractivity contribution is -0.137. The van der Waals surface area contributed by atoms with Gasteiger partial charge in [-0.3, -0.25) is 9.59 Å². The number of likely N-dealkylation sites (N-methyl/N-ethyl adjacent to an activating group) is 1. The standard InChI is InChI=1S/C13H13NO3S/c1-2-14(7-12(15)16)13(17)10-8-18-11-6-4-3-5-9(10)11/h3-6,8H,2,7H2,1H3,(H,15,16). The lowest BCUT2D eigenvalue weighted by Gasteiger charge is -2.17. The van der Waals surface area contributed by atoms with E-state index in [1.807, 2.05) is 24.3 Å². The zero-order valence-corrected chi connectivity index (χ0v) is 10.7. The van der Waals surface area contributed by atoms with Crippen LogP contribution in [0.3, 0.4) is 0 Å². The first-order chi connectivity index (χ1) is 8.63. The van der Waals surface area contributed by atoms with E-state index < -0.39 is 5.97 Å². The van der Waals surface area contributed by atoms with Gasteiger partial charge in [0.1, 0.15) is 6.54 Å². The molecule has 0 saturated heterocycles. The smallest absolute Gasteiger partial charge is 0.323 e. The van der Waals surface area contributed by atoms with E-state index in [9.17, 15) is 9.59 Å². The van der Waals surface area contributed by atoms with Crippen molar-refractivity contribution in [3.8, 4) is 0 Å². The number of aliphatic carboxylic acids is 1. The van der Waals surface area contributed by atoms with E-state index in [0.29, 0.717) is 12.1 Å². The predicted octanol–water partition coefficient (Wildman–Crippen LogP) is 2.45. The van der Waals surface area contributed by atoms with E-state index in [-0.39, 0.29) is 12.5 Å². The Morgan fingerprint density at radius 3 is 2.72 bits per heavy atom. The van der Waals surface area contributed by atoms with Gasteiger partial charge < -0.3 is 10.0 Å². The number of fused-ring (bicyclic) bond motifs is 1. The summed E-state index contributed by atoms with van der Waals surface area (Å²) in [6.45, 7) is 1.89. The highest BCUT2D eigenvalue weighted by Crippen LogP contribution is 2.26. The first kappa shape index (κ1) is 12.6. The Hall–Kier alpha value is -1.88. The van der Waals surface area contributed by atoms with E-state index in [2.05, 4.69) is 0 Å². The number of carbonyl (C=O) groups excluding carboxylic acids is 1. The molecule has 0 aliphatic heterocycles. The number of benzene rings is 1. The third-order valence-corrected chi connectivity index (χ3v) is 3.67. The summed E-state index contributed by atoms with van der Waals surface area (Å²) in [6.07, 6.45) is 0. The van der Waals surface area contributed by atoms with E-state index in [1.165, 1.54) is 16.2 Å². The summed E-state index contributed by atoms with van der Waals surface area (Å²) in [5.41, 5.74) is 0.582. The summed E-state index contributed by atoms with van der Waals surface area (Å²) in [4.78, 5) is 24.3. The molecule has 0 fully saturated rings. The van der Waals surface area contributed by atoms with E-state index >= 15 is 0 Å². The van der Waals surface area contributed by atoms with Crippen molar-refractivity contribution in [2.75, 3.05) is 13.1 Å². The maximum absolute atomic E-state index is 12.3. The molecule has 0 saturated carbocycles. The topological polar surface area (TPSA) is 57.6 Å². The van der Waals surface area contributed by atoms with Crippen LogP contribution in [0.2, 0.25) is 0 Å². The molecule has 0 aliphatic carbocycles. The molecular weight excluding hydrogens is 250 g/mol. The zero-order chi connectivity index (χ0) is 13.1. The summed E-state index contributed by atoms with van der Waals surface area (Å²) < 4.78 is 1.03. The average Bonchev–Trinajstić information content (AvgIpc) is 2.78. The van der Waals surface area contributed by atoms with Gasteiger partial charge in [-0.25, -0.2) is 0 Å². The Labute approximate surface area is 108 Å². The minimum absolute atomic E-state index is 0.225. The van der Waals surface area contributed by atoms with Crippen molar-refractivity contribution < 1.29 is 14.7 Å². The molecule has 0 aliphatic rings. The van der Waals surface area contributed by atoms with Crippen LogP contribution in [0.1, 0.15) is 17.3 Å². The number of amides is 1. The van der Waals surface area contributed by atoms with Crippen LogP contribution < -0.4 is 0 Å². The molecule has 1 N–H and O–H groups in total. The fourth-order valence-corrected chi connectivity index (χ4v) is 2.74. The maximum Gasteiger partial charge on any atom is 0.323 e. The quantitative estimate of drug-likeness (QED) is 0.921. The third kappa shape index (κ3) is 2.36. The Bertz CT molecular complexity index is 591. The van der Waals surface area contributed by atoms with Gasteiger partial charge >= 0.3 is 5.97 Å². The third-order valence-electron chi connectivity index (χ3n) is 2.71. The van der Waals surface area contributed by atoms with E-state index in [1.54, 1.807) is 12.3 Å². The second kappa shape index (κ2) is 5.18. The summed E-state index contributed by atoms with van der Waals surface area (Å²) >= 11 is 1.49. The number of hydrogen-bond acceptors (Lipinski definition) is 3. The number of rotatable bonds is 4. The summed E-state index contributed by atoms with van der Waals surface area (Å²) in [7, 11) is 0. The Morgan fingerprint density at radius 1 is 1.33 bits per heavy atom. The number of carboxylic acids is 1. The van der Waals surface area contributed by atoms with Crippen molar-refractivity contribution in [1.82, 2.24) is 4.90 Å². The molecule has 18 heavy (non-hydrogen) atoms. The SMILES string of the molecule is CCN(CC(=O)O)C(=O)c1csc2ccccc12. The van der Waals surface area contributed by atoms with Crippen molar-refractivity contribution in [1.29, 1.82) is 0 Å². The molecule has 0 spiro atoms. The van der Waals surface area contributed by atoms with Gasteiger partial charge in [-0.2, -0.15) is 0 Å². The minimum atomic E-state index is -0.996.